The number of unbranched alkanes of at least 4 members (excludes halogenated alkanes) is 13. The number of ether oxygens (including phenoxy) is 5. The van der Waals surface area contributed by atoms with Crippen LogP contribution in [0.1, 0.15) is 120 Å². The average molecular weight is 968 g/mol. The van der Waals surface area contributed by atoms with Gasteiger partial charge in [0.05, 0.1) is 56.7 Å². The Morgan fingerprint density at radius 1 is 0.582 bits per heavy atom. The highest BCUT2D eigenvalue weighted by molar-refractivity contribution is 7.92. The highest BCUT2D eigenvalue weighted by Gasteiger charge is 2.17. The number of hydrogen-bond acceptors (Lipinski definition) is 15. The molecule has 0 bridgehead atoms. The van der Waals surface area contributed by atoms with Crippen molar-refractivity contribution in [2.45, 2.75) is 120 Å². The number of carbonyl (C=O) groups is 5. The summed E-state index contributed by atoms with van der Waals surface area (Å²) in [5.41, 5.74) is 5.55. The summed E-state index contributed by atoms with van der Waals surface area (Å²) in [5, 5.41) is 25.4. The van der Waals surface area contributed by atoms with E-state index in [1.807, 2.05) is 0 Å². The summed E-state index contributed by atoms with van der Waals surface area (Å²) in [5.74, 6) is -2.48. The van der Waals surface area contributed by atoms with Crippen molar-refractivity contribution >= 4 is 45.6 Å². The van der Waals surface area contributed by atoms with Crippen molar-refractivity contribution in [1.82, 2.24) is 25.9 Å². The predicted molar refractivity (Wildman–Crippen MR) is 248 cm³/mol. The fourth-order valence-corrected chi connectivity index (χ4v) is 7.18. The average Bonchev–Trinajstić information content (AvgIpc) is 3.30. The molecule has 8 N–H and O–H groups in total. The molecule has 67 heavy (non-hydrogen) atoms. The maximum absolute atomic E-state index is 12.9. The number of amides is 3. The molecule has 0 radical (unpaired) electrons. The SMILES string of the molecule is N[C@@H](CCCCNC(=O)COCCOCCNC(=O)COCCOCCNC(=O)c1cnc(NS(=O)(=O)c2ccc(OCCCCCCCCCCCCCCCC(=O)O)cc2)nc1)C(=O)O. The number of carbonyl (C=O) groups excluding carboxylic acids is 3. The number of nitrogens with two attached hydrogens (primary N) is 1. The minimum atomic E-state index is -3.99. The Labute approximate surface area is 394 Å². The summed E-state index contributed by atoms with van der Waals surface area (Å²) in [7, 11) is -3.99. The number of hydrogen-bond donors (Lipinski definition) is 7. The van der Waals surface area contributed by atoms with Gasteiger partial charge >= 0.3 is 11.9 Å². The number of aliphatic carboxylic acids is 2. The third-order valence-corrected chi connectivity index (χ3v) is 11.3. The molecule has 0 fully saturated rings. The van der Waals surface area contributed by atoms with Crippen LogP contribution in [0, 0.1) is 0 Å². The Balaban J connectivity index is 1.43. The summed E-state index contributed by atoms with van der Waals surface area (Å²) in [6, 6.07) is 5.18. The monoisotopic (exact) mass is 967 g/mol. The second-order valence-electron chi connectivity index (χ2n) is 15.7. The van der Waals surface area contributed by atoms with Gasteiger partial charge in [0.1, 0.15) is 25.0 Å². The Kier molecular flexibility index (Phi) is 32.1. The zero-order chi connectivity index (χ0) is 48.8. The second kappa shape index (κ2) is 37.0. The first kappa shape index (κ1) is 58.1. The summed E-state index contributed by atoms with van der Waals surface area (Å²) >= 11 is 0. The van der Waals surface area contributed by atoms with E-state index in [0.29, 0.717) is 38.2 Å². The van der Waals surface area contributed by atoms with E-state index in [9.17, 15) is 32.4 Å². The largest absolute Gasteiger partial charge is 0.494 e. The van der Waals surface area contributed by atoms with E-state index >= 15 is 0 Å². The van der Waals surface area contributed by atoms with E-state index in [1.54, 1.807) is 12.1 Å². The molecule has 22 heteroatoms. The molecule has 0 spiro atoms. The molecule has 0 aliphatic carbocycles. The van der Waals surface area contributed by atoms with Crippen LogP contribution >= 0.6 is 0 Å². The minimum Gasteiger partial charge on any atom is -0.494 e. The van der Waals surface area contributed by atoms with Crippen molar-refractivity contribution in [3.63, 3.8) is 0 Å². The maximum Gasteiger partial charge on any atom is 0.320 e. The lowest BCUT2D eigenvalue weighted by atomic mass is 10.0. The molecule has 0 saturated heterocycles. The van der Waals surface area contributed by atoms with Crippen LogP contribution in [0.25, 0.3) is 0 Å². The van der Waals surface area contributed by atoms with Crippen LogP contribution in [0.3, 0.4) is 0 Å². The summed E-state index contributed by atoms with van der Waals surface area (Å²) in [6.07, 6.45) is 18.8. The lowest BCUT2D eigenvalue weighted by molar-refractivity contribution is -0.139. The van der Waals surface area contributed by atoms with Crippen LogP contribution in [0.4, 0.5) is 5.95 Å². The molecule has 1 aromatic heterocycles. The molecule has 1 aromatic carbocycles. The third kappa shape index (κ3) is 30.8. The molecule has 2 rings (SSSR count). The smallest absolute Gasteiger partial charge is 0.320 e. The van der Waals surface area contributed by atoms with Gasteiger partial charge in [0.15, 0.2) is 0 Å². The van der Waals surface area contributed by atoms with Gasteiger partial charge < -0.3 is 55.6 Å². The fraction of sp³-hybridized carbons (Fsp3) is 0.667. The molecule has 0 aliphatic heterocycles. The van der Waals surface area contributed by atoms with Gasteiger partial charge in [-0.15, -0.1) is 0 Å². The van der Waals surface area contributed by atoms with Gasteiger partial charge in [-0.1, -0.05) is 70.6 Å². The number of rotatable bonds is 43. The highest BCUT2D eigenvalue weighted by Crippen LogP contribution is 2.19. The van der Waals surface area contributed by atoms with E-state index in [0.717, 1.165) is 38.5 Å². The lowest BCUT2D eigenvalue weighted by Gasteiger charge is -2.10. The standard InChI is InChI=1S/C45H73N7O14S/c46-39(44(58)59)16-13-14-22-47-40(53)34-64-30-28-62-26-23-48-41(54)35-65-31-29-63-27-24-49-43(57)36-32-50-45(51-33-36)52-67(60,61)38-20-18-37(19-21-38)66-25-15-11-9-7-5-3-1-2-4-6-8-10-12-17-42(55)56/h18-21,32-33,39H,1-17,22-31,34-35,46H2,(H,47,53)(H,48,54)(H,49,57)(H,55,56)(H,58,59)(H,50,51,52)/t39-/m0/s1. The van der Waals surface area contributed by atoms with Crippen molar-refractivity contribution in [1.29, 1.82) is 0 Å². The number of aromatic nitrogens is 2. The zero-order valence-electron chi connectivity index (χ0n) is 38.7. The second-order valence-corrected chi connectivity index (χ2v) is 17.4. The number of anilines is 1. The molecular weight excluding hydrogens is 895 g/mol. The maximum atomic E-state index is 12.9. The fourth-order valence-electron chi connectivity index (χ4n) is 6.22. The van der Waals surface area contributed by atoms with Gasteiger partial charge in [0.25, 0.3) is 15.9 Å². The summed E-state index contributed by atoms with van der Waals surface area (Å²) < 4.78 is 55.2. The molecule has 1 heterocycles. The van der Waals surface area contributed by atoms with Crippen molar-refractivity contribution in [2.24, 2.45) is 5.73 Å². The van der Waals surface area contributed by atoms with E-state index in [2.05, 4.69) is 30.6 Å². The number of nitrogens with zero attached hydrogens (tertiary/aromatic N) is 2. The summed E-state index contributed by atoms with van der Waals surface area (Å²) in [6.45, 7) is 2.23. The van der Waals surface area contributed by atoms with E-state index in [1.165, 1.54) is 69.5 Å². The molecule has 0 unspecified atom stereocenters. The van der Waals surface area contributed by atoms with E-state index < -0.39 is 33.9 Å². The Morgan fingerprint density at radius 2 is 1.07 bits per heavy atom. The predicted octanol–water partition coefficient (Wildman–Crippen LogP) is 3.81. The Hall–Kier alpha value is -5.00. The van der Waals surface area contributed by atoms with Crippen LogP contribution < -0.4 is 31.1 Å². The molecule has 21 nitrogen and oxygen atoms in total. The van der Waals surface area contributed by atoms with Crippen LogP contribution in [-0.2, 0) is 48.1 Å². The Morgan fingerprint density at radius 3 is 1.61 bits per heavy atom. The van der Waals surface area contributed by atoms with Crippen LogP contribution in [-0.4, -0.2) is 143 Å². The highest BCUT2D eigenvalue weighted by atomic mass is 32.2. The van der Waals surface area contributed by atoms with Gasteiger partial charge in [-0.05, 0) is 56.4 Å². The third-order valence-electron chi connectivity index (χ3n) is 9.97. The summed E-state index contributed by atoms with van der Waals surface area (Å²) in [4.78, 5) is 65.3. The van der Waals surface area contributed by atoms with Gasteiger partial charge in [-0.25, -0.2) is 23.1 Å². The molecular formula is C45H73N7O14S. The first-order chi connectivity index (χ1) is 32.4. The first-order valence-electron chi connectivity index (χ1n) is 23.3. The number of benzene rings is 1. The number of nitrogens with one attached hydrogen (secondary N) is 4. The van der Waals surface area contributed by atoms with Crippen molar-refractivity contribution in [3.8, 4) is 5.75 Å². The van der Waals surface area contributed by atoms with Gasteiger partial charge in [-0.2, -0.15) is 0 Å². The number of carboxylic acids is 2. The molecule has 2 aromatic rings. The number of sulfonamides is 1. The van der Waals surface area contributed by atoms with Crippen molar-refractivity contribution in [3.05, 3.63) is 42.2 Å². The zero-order valence-corrected chi connectivity index (χ0v) is 39.5. The van der Waals surface area contributed by atoms with Crippen LogP contribution in [0.15, 0.2) is 41.6 Å². The molecule has 1 atom stereocenters. The van der Waals surface area contributed by atoms with Gasteiger partial charge in [0.2, 0.25) is 17.8 Å². The van der Waals surface area contributed by atoms with Crippen molar-refractivity contribution in [2.75, 3.05) is 83.8 Å². The minimum absolute atomic E-state index is 0.00533. The van der Waals surface area contributed by atoms with Gasteiger partial charge in [-0.3, -0.25) is 24.0 Å². The number of carboxylic acid groups (broad SMARTS) is 2. The normalized spacial score (nSPS) is 11.7. The molecule has 0 aliphatic rings. The van der Waals surface area contributed by atoms with Crippen LogP contribution in [0.2, 0.25) is 0 Å². The van der Waals surface area contributed by atoms with E-state index in [-0.39, 0.29) is 101 Å². The lowest BCUT2D eigenvalue weighted by Crippen LogP contribution is -2.32. The molecule has 3 amide bonds. The van der Waals surface area contributed by atoms with E-state index in [4.69, 9.17) is 39.6 Å². The topological polar surface area (TPSA) is 306 Å². The van der Waals surface area contributed by atoms with Gasteiger partial charge in [0, 0.05) is 38.4 Å². The molecule has 378 valence electrons. The molecule has 0 saturated carbocycles. The first-order valence-corrected chi connectivity index (χ1v) is 24.8. The quantitative estimate of drug-likeness (QED) is 0.0465. The van der Waals surface area contributed by atoms with Crippen molar-refractivity contribution < 1.29 is 66.3 Å². The Bertz CT molecular complexity index is 1790. The van der Waals surface area contributed by atoms with Crippen LogP contribution in [0.5, 0.6) is 5.75 Å².